The standard InChI is InChI=1S/C10H10Cl2N4/c1-6-14-10(5-13)15-16(6)7-2-3-8(11)9(12)4-7/h2-4H,5,13H2,1H3. The van der Waals surface area contributed by atoms with Crippen molar-refractivity contribution in [3.8, 4) is 5.69 Å². The van der Waals surface area contributed by atoms with Crippen molar-refractivity contribution in [2.24, 2.45) is 5.73 Å². The molecular weight excluding hydrogens is 247 g/mol. The fraction of sp³-hybridized carbons (Fsp3) is 0.200. The molecule has 0 aliphatic carbocycles. The Bertz CT molecular complexity index is 522. The molecule has 0 aliphatic rings. The van der Waals surface area contributed by atoms with Gasteiger partial charge in [0.15, 0.2) is 5.82 Å². The maximum absolute atomic E-state index is 5.94. The number of rotatable bonds is 2. The van der Waals surface area contributed by atoms with Gasteiger partial charge in [-0.2, -0.15) is 0 Å². The molecule has 6 heteroatoms. The molecule has 2 aromatic rings. The lowest BCUT2D eigenvalue weighted by molar-refractivity contribution is 0.812. The Morgan fingerprint density at radius 3 is 2.62 bits per heavy atom. The quantitative estimate of drug-likeness (QED) is 0.898. The molecule has 0 saturated carbocycles. The minimum absolute atomic E-state index is 0.315. The van der Waals surface area contributed by atoms with Gasteiger partial charge in [0.2, 0.25) is 0 Å². The summed E-state index contributed by atoms with van der Waals surface area (Å²) in [5.41, 5.74) is 6.30. The zero-order valence-corrected chi connectivity index (χ0v) is 10.1. The third-order valence-electron chi connectivity index (χ3n) is 2.14. The van der Waals surface area contributed by atoms with Crippen LogP contribution in [0.3, 0.4) is 0 Å². The summed E-state index contributed by atoms with van der Waals surface area (Å²) in [5, 5.41) is 5.25. The van der Waals surface area contributed by atoms with Crippen molar-refractivity contribution in [1.29, 1.82) is 0 Å². The smallest absolute Gasteiger partial charge is 0.164 e. The minimum atomic E-state index is 0.315. The predicted molar refractivity (Wildman–Crippen MR) is 64.0 cm³/mol. The lowest BCUT2D eigenvalue weighted by atomic mass is 10.3. The van der Waals surface area contributed by atoms with E-state index in [1.807, 2.05) is 13.0 Å². The lowest BCUT2D eigenvalue weighted by Gasteiger charge is -2.04. The van der Waals surface area contributed by atoms with Gasteiger partial charge in [-0.05, 0) is 25.1 Å². The number of nitrogens with two attached hydrogens (primary N) is 1. The van der Waals surface area contributed by atoms with Crippen molar-refractivity contribution in [2.75, 3.05) is 0 Å². The second-order valence-electron chi connectivity index (χ2n) is 3.29. The largest absolute Gasteiger partial charge is 0.324 e. The van der Waals surface area contributed by atoms with Crippen LogP contribution in [0, 0.1) is 6.92 Å². The van der Waals surface area contributed by atoms with E-state index < -0.39 is 0 Å². The Kier molecular flexibility index (Phi) is 3.14. The highest BCUT2D eigenvalue weighted by molar-refractivity contribution is 6.42. The zero-order valence-electron chi connectivity index (χ0n) is 8.61. The molecule has 1 aromatic carbocycles. The molecule has 4 nitrogen and oxygen atoms in total. The van der Waals surface area contributed by atoms with Gasteiger partial charge < -0.3 is 5.73 Å². The third kappa shape index (κ3) is 2.04. The average Bonchev–Trinajstić information content (AvgIpc) is 2.64. The van der Waals surface area contributed by atoms with Gasteiger partial charge in [-0.1, -0.05) is 23.2 Å². The summed E-state index contributed by atoms with van der Waals surface area (Å²) >= 11 is 11.8. The highest BCUT2D eigenvalue weighted by Crippen LogP contribution is 2.24. The fourth-order valence-corrected chi connectivity index (χ4v) is 1.68. The summed E-state index contributed by atoms with van der Waals surface area (Å²) in [5.74, 6) is 1.36. The number of aromatic nitrogens is 3. The van der Waals surface area contributed by atoms with Crippen molar-refractivity contribution in [3.05, 3.63) is 39.9 Å². The van der Waals surface area contributed by atoms with Crippen LogP contribution in [0.2, 0.25) is 10.0 Å². The molecule has 0 amide bonds. The number of hydrogen-bond acceptors (Lipinski definition) is 3. The van der Waals surface area contributed by atoms with Gasteiger partial charge in [-0.25, -0.2) is 9.67 Å². The van der Waals surface area contributed by atoms with Crippen LogP contribution in [0.5, 0.6) is 0 Å². The Hall–Kier alpha value is -1.10. The Morgan fingerprint density at radius 2 is 2.06 bits per heavy atom. The van der Waals surface area contributed by atoms with Crippen molar-refractivity contribution in [2.45, 2.75) is 13.5 Å². The van der Waals surface area contributed by atoms with Gasteiger partial charge in [0, 0.05) is 0 Å². The molecule has 84 valence electrons. The highest BCUT2D eigenvalue weighted by Gasteiger charge is 2.08. The monoisotopic (exact) mass is 256 g/mol. The fourth-order valence-electron chi connectivity index (χ4n) is 1.39. The summed E-state index contributed by atoms with van der Waals surface area (Å²) in [6, 6.07) is 5.30. The van der Waals surface area contributed by atoms with E-state index in [1.54, 1.807) is 16.8 Å². The molecule has 2 N–H and O–H groups in total. The van der Waals surface area contributed by atoms with Gasteiger partial charge in [-0.3, -0.25) is 0 Å². The van der Waals surface area contributed by atoms with Crippen LogP contribution in [-0.2, 0) is 6.54 Å². The minimum Gasteiger partial charge on any atom is -0.324 e. The van der Waals surface area contributed by atoms with E-state index in [4.69, 9.17) is 28.9 Å². The maximum Gasteiger partial charge on any atom is 0.164 e. The van der Waals surface area contributed by atoms with Crippen molar-refractivity contribution in [3.63, 3.8) is 0 Å². The number of hydrogen-bond donors (Lipinski definition) is 1. The van der Waals surface area contributed by atoms with Crippen LogP contribution >= 0.6 is 23.2 Å². The first-order valence-corrected chi connectivity index (χ1v) is 5.45. The van der Waals surface area contributed by atoms with Crippen LogP contribution in [0.4, 0.5) is 0 Å². The summed E-state index contributed by atoms with van der Waals surface area (Å²) < 4.78 is 1.68. The lowest BCUT2D eigenvalue weighted by Crippen LogP contribution is -2.01. The molecule has 0 aliphatic heterocycles. The first-order valence-electron chi connectivity index (χ1n) is 4.70. The Labute approximate surface area is 103 Å². The number of aryl methyl sites for hydroxylation is 1. The molecule has 0 saturated heterocycles. The molecule has 2 rings (SSSR count). The number of benzene rings is 1. The molecule has 0 radical (unpaired) electrons. The topological polar surface area (TPSA) is 56.7 Å². The van der Waals surface area contributed by atoms with Crippen LogP contribution in [0.25, 0.3) is 5.69 Å². The van der Waals surface area contributed by atoms with Crippen LogP contribution in [-0.4, -0.2) is 14.8 Å². The number of nitrogens with zero attached hydrogens (tertiary/aromatic N) is 3. The van der Waals surface area contributed by atoms with E-state index in [-0.39, 0.29) is 0 Å². The van der Waals surface area contributed by atoms with Gasteiger partial charge in [0.05, 0.1) is 22.3 Å². The van der Waals surface area contributed by atoms with Crippen LogP contribution < -0.4 is 5.73 Å². The SMILES string of the molecule is Cc1nc(CN)nn1-c1ccc(Cl)c(Cl)c1. The average molecular weight is 257 g/mol. The summed E-state index contributed by atoms with van der Waals surface area (Å²) in [6.07, 6.45) is 0. The molecule has 1 aromatic heterocycles. The Morgan fingerprint density at radius 1 is 1.31 bits per heavy atom. The molecule has 0 atom stereocenters. The molecular formula is C10H10Cl2N4. The second-order valence-corrected chi connectivity index (χ2v) is 4.10. The normalized spacial score (nSPS) is 10.8. The molecule has 0 fully saturated rings. The van der Waals surface area contributed by atoms with Crippen molar-refractivity contribution >= 4 is 23.2 Å². The molecule has 0 bridgehead atoms. The van der Waals surface area contributed by atoms with E-state index in [0.717, 1.165) is 11.5 Å². The maximum atomic E-state index is 5.94. The third-order valence-corrected chi connectivity index (χ3v) is 2.88. The Balaban J connectivity index is 2.49. The molecule has 1 heterocycles. The summed E-state index contributed by atoms with van der Waals surface area (Å²) in [6.45, 7) is 2.17. The van der Waals surface area contributed by atoms with E-state index in [9.17, 15) is 0 Å². The van der Waals surface area contributed by atoms with E-state index >= 15 is 0 Å². The van der Waals surface area contributed by atoms with Gasteiger partial charge in [-0.15, -0.1) is 5.10 Å². The van der Waals surface area contributed by atoms with E-state index in [1.165, 1.54) is 0 Å². The number of halogens is 2. The first kappa shape index (κ1) is 11.4. The summed E-state index contributed by atoms with van der Waals surface area (Å²) in [4.78, 5) is 4.21. The molecule has 0 unspecified atom stereocenters. The van der Waals surface area contributed by atoms with Gasteiger partial charge in [0.25, 0.3) is 0 Å². The summed E-state index contributed by atoms with van der Waals surface area (Å²) in [7, 11) is 0. The van der Waals surface area contributed by atoms with Crippen LogP contribution in [0.1, 0.15) is 11.6 Å². The van der Waals surface area contributed by atoms with Crippen LogP contribution in [0.15, 0.2) is 18.2 Å². The van der Waals surface area contributed by atoms with E-state index in [0.29, 0.717) is 22.4 Å². The van der Waals surface area contributed by atoms with E-state index in [2.05, 4.69) is 10.1 Å². The predicted octanol–water partition coefficient (Wildman–Crippen LogP) is 2.34. The van der Waals surface area contributed by atoms with Crippen molar-refractivity contribution < 1.29 is 0 Å². The zero-order chi connectivity index (χ0) is 11.7. The second kappa shape index (κ2) is 4.41. The van der Waals surface area contributed by atoms with Crippen molar-refractivity contribution in [1.82, 2.24) is 14.8 Å². The molecule has 16 heavy (non-hydrogen) atoms. The van der Waals surface area contributed by atoms with Gasteiger partial charge in [0.1, 0.15) is 5.82 Å². The van der Waals surface area contributed by atoms with Gasteiger partial charge >= 0.3 is 0 Å². The first-order chi connectivity index (χ1) is 7.61. The molecule has 0 spiro atoms. The highest BCUT2D eigenvalue weighted by atomic mass is 35.5.